The summed E-state index contributed by atoms with van der Waals surface area (Å²) >= 11 is 7.08. The van der Waals surface area contributed by atoms with E-state index in [1.165, 1.54) is 5.56 Å². The van der Waals surface area contributed by atoms with E-state index in [1.807, 2.05) is 18.2 Å². The van der Waals surface area contributed by atoms with Gasteiger partial charge in [-0.1, -0.05) is 50.1 Å². The van der Waals surface area contributed by atoms with Crippen molar-refractivity contribution in [1.29, 1.82) is 0 Å². The highest BCUT2D eigenvalue weighted by Crippen LogP contribution is 2.38. The molecule has 7 heteroatoms. The second kappa shape index (κ2) is 9.72. The lowest BCUT2D eigenvalue weighted by atomic mass is 9.96. The fourth-order valence-electron chi connectivity index (χ4n) is 3.64. The van der Waals surface area contributed by atoms with Crippen molar-refractivity contribution < 1.29 is 14.2 Å². The van der Waals surface area contributed by atoms with Crippen molar-refractivity contribution >= 4 is 44.3 Å². The molecule has 2 aliphatic rings. The monoisotopic (exact) mass is 517 g/mol. The van der Waals surface area contributed by atoms with Crippen LogP contribution in [0.1, 0.15) is 17.2 Å². The summed E-state index contributed by atoms with van der Waals surface area (Å²) in [5.41, 5.74) is 2.34. The summed E-state index contributed by atoms with van der Waals surface area (Å²) in [5, 5.41) is 0. The topological polar surface area (TPSA) is 30.9 Å². The van der Waals surface area contributed by atoms with Gasteiger partial charge >= 0.3 is 0 Å². The molecule has 4 rings (SSSR count). The van der Waals surface area contributed by atoms with Crippen LogP contribution >= 0.6 is 44.3 Å². The summed E-state index contributed by atoms with van der Waals surface area (Å²) < 4.78 is 20.0. The van der Waals surface area contributed by atoms with Crippen molar-refractivity contribution in [3.63, 3.8) is 0 Å². The number of hydrogen-bond acceptors (Lipinski definition) is 4. The van der Waals surface area contributed by atoms with Gasteiger partial charge in [0, 0.05) is 27.6 Å². The third-order valence-electron chi connectivity index (χ3n) is 4.82. The van der Waals surface area contributed by atoms with E-state index in [0.29, 0.717) is 13.2 Å². The van der Waals surface area contributed by atoms with Crippen LogP contribution in [-0.2, 0) is 16.1 Å². The minimum atomic E-state index is -0.0132. The number of ether oxygens (including phenoxy) is 3. The predicted molar refractivity (Wildman–Crippen MR) is 115 cm³/mol. The van der Waals surface area contributed by atoms with Gasteiger partial charge in [0.05, 0.1) is 25.9 Å². The first kappa shape index (κ1) is 21.1. The van der Waals surface area contributed by atoms with Gasteiger partial charge in [0.1, 0.15) is 18.5 Å². The van der Waals surface area contributed by atoms with Crippen LogP contribution in [0.4, 0.5) is 0 Å². The van der Waals surface area contributed by atoms with Gasteiger partial charge in [0.2, 0.25) is 0 Å². The number of benzene rings is 2. The number of fused-ring (bicyclic) bond motifs is 1. The van der Waals surface area contributed by atoms with E-state index < -0.39 is 0 Å². The molecule has 0 bridgehead atoms. The zero-order valence-corrected chi connectivity index (χ0v) is 18.8. The molecule has 0 saturated carbocycles. The Labute approximate surface area is 182 Å². The quantitative estimate of drug-likeness (QED) is 0.570. The highest BCUT2D eigenvalue weighted by atomic mass is 79.9. The van der Waals surface area contributed by atoms with Crippen molar-refractivity contribution in [3.05, 3.63) is 62.5 Å². The summed E-state index contributed by atoms with van der Waals surface area (Å²) in [4.78, 5) is 2.46. The van der Waals surface area contributed by atoms with Crippen molar-refractivity contribution in [2.24, 2.45) is 0 Å². The Morgan fingerprint density at radius 1 is 1.04 bits per heavy atom. The van der Waals surface area contributed by atoms with Gasteiger partial charge in [-0.3, -0.25) is 4.90 Å². The van der Waals surface area contributed by atoms with Crippen LogP contribution in [0.2, 0.25) is 0 Å². The highest BCUT2D eigenvalue weighted by molar-refractivity contribution is 9.11. The summed E-state index contributed by atoms with van der Waals surface area (Å²) in [6.07, 6.45) is -0.0132. The Morgan fingerprint density at radius 2 is 1.74 bits per heavy atom. The minimum Gasteiger partial charge on any atom is -0.490 e. The van der Waals surface area contributed by atoms with Crippen molar-refractivity contribution in [2.45, 2.75) is 18.8 Å². The van der Waals surface area contributed by atoms with Gasteiger partial charge in [0.15, 0.2) is 0 Å². The van der Waals surface area contributed by atoms with E-state index in [2.05, 4.69) is 61.0 Å². The molecule has 0 spiro atoms. The molecule has 0 radical (unpaired) electrons. The largest absolute Gasteiger partial charge is 0.490 e. The van der Waals surface area contributed by atoms with Gasteiger partial charge in [-0.05, 0) is 29.8 Å². The van der Waals surface area contributed by atoms with Crippen LogP contribution in [0.5, 0.6) is 5.75 Å². The van der Waals surface area contributed by atoms with Crippen LogP contribution in [0, 0.1) is 0 Å². The molecule has 1 fully saturated rings. The third-order valence-corrected chi connectivity index (χ3v) is 5.73. The number of halogens is 3. The number of nitrogens with zero attached hydrogens (tertiary/aromatic N) is 1. The van der Waals surface area contributed by atoms with Gasteiger partial charge in [-0.15, -0.1) is 12.4 Å². The molecule has 2 unspecified atom stereocenters. The Bertz CT molecular complexity index is 750. The Kier molecular flexibility index (Phi) is 7.59. The first-order chi connectivity index (χ1) is 12.7. The molecule has 146 valence electrons. The molecule has 4 nitrogen and oxygen atoms in total. The predicted octanol–water partition coefficient (Wildman–Crippen LogP) is 4.98. The van der Waals surface area contributed by atoms with Gasteiger partial charge in [-0.2, -0.15) is 0 Å². The Balaban J connectivity index is 0.00000210. The molecular weight excluding hydrogens is 497 g/mol. The Morgan fingerprint density at radius 3 is 2.48 bits per heavy atom. The van der Waals surface area contributed by atoms with Crippen LogP contribution in [0.3, 0.4) is 0 Å². The fourth-order valence-corrected chi connectivity index (χ4v) is 5.03. The lowest BCUT2D eigenvalue weighted by molar-refractivity contribution is -0.0812. The van der Waals surface area contributed by atoms with Crippen LogP contribution < -0.4 is 4.74 Å². The van der Waals surface area contributed by atoms with E-state index in [9.17, 15) is 0 Å². The Hall–Kier alpha value is -0.630. The molecule has 0 amide bonds. The first-order valence-electron chi connectivity index (χ1n) is 8.81. The summed E-state index contributed by atoms with van der Waals surface area (Å²) in [7, 11) is 0. The van der Waals surface area contributed by atoms with Gasteiger partial charge in [0.25, 0.3) is 0 Å². The first-order valence-corrected chi connectivity index (χ1v) is 10.4. The maximum atomic E-state index is 6.35. The molecule has 2 atom stereocenters. The standard InChI is InChI=1S/C20H21Br2NO3.ClH/c21-15-9-14(10-16(22)11-15)12-25-19-13-26-18-4-2-1-3-17(18)20(19)23-5-7-24-8-6-23;/h1-4,9-11,19-20H,5-8,12-13H2;1H. The maximum absolute atomic E-state index is 6.35. The molecule has 0 aliphatic carbocycles. The zero-order valence-electron chi connectivity index (χ0n) is 14.8. The second-order valence-electron chi connectivity index (χ2n) is 6.57. The molecule has 0 aromatic heterocycles. The van der Waals surface area contributed by atoms with Crippen molar-refractivity contribution in [3.8, 4) is 5.75 Å². The van der Waals surface area contributed by atoms with E-state index in [1.54, 1.807) is 0 Å². The number of rotatable bonds is 4. The normalized spacial score (nSPS) is 22.4. The third kappa shape index (κ3) is 5.05. The van der Waals surface area contributed by atoms with Gasteiger partial charge < -0.3 is 14.2 Å². The summed E-state index contributed by atoms with van der Waals surface area (Å²) in [6.45, 7) is 4.49. The molecule has 1 saturated heterocycles. The van der Waals surface area contributed by atoms with Crippen molar-refractivity contribution in [2.75, 3.05) is 32.9 Å². The molecule has 2 heterocycles. The number of hydrogen-bond donors (Lipinski definition) is 0. The molecule has 27 heavy (non-hydrogen) atoms. The number of para-hydroxylation sites is 1. The van der Waals surface area contributed by atoms with E-state index in [0.717, 1.165) is 46.6 Å². The van der Waals surface area contributed by atoms with Crippen LogP contribution in [0.15, 0.2) is 51.4 Å². The van der Waals surface area contributed by atoms with E-state index >= 15 is 0 Å². The lowest BCUT2D eigenvalue weighted by Crippen LogP contribution is -2.47. The van der Waals surface area contributed by atoms with E-state index in [-0.39, 0.29) is 24.6 Å². The lowest BCUT2D eigenvalue weighted by Gasteiger charge is -2.42. The summed E-state index contributed by atoms with van der Waals surface area (Å²) in [5.74, 6) is 0.967. The van der Waals surface area contributed by atoms with Crippen LogP contribution in [-0.4, -0.2) is 43.9 Å². The van der Waals surface area contributed by atoms with Crippen molar-refractivity contribution in [1.82, 2.24) is 4.90 Å². The van der Waals surface area contributed by atoms with Gasteiger partial charge in [-0.25, -0.2) is 0 Å². The minimum absolute atomic E-state index is 0. The second-order valence-corrected chi connectivity index (χ2v) is 8.40. The molecule has 2 aromatic carbocycles. The maximum Gasteiger partial charge on any atom is 0.124 e. The molecule has 2 aliphatic heterocycles. The average molecular weight is 520 g/mol. The molecular formula is C20H22Br2ClNO3. The zero-order chi connectivity index (χ0) is 17.9. The average Bonchev–Trinajstić information content (AvgIpc) is 2.66. The SMILES string of the molecule is Brc1cc(Br)cc(COC2COc3ccccc3C2N2CCOCC2)c1.Cl. The molecule has 0 N–H and O–H groups in total. The summed E-state index contributed by atoms with van der Waals surface area (Å²) in [6, 6.07) is 14.7. The highest BCUT2D eigenvalue weighted by Gasteiger charge is 2.36. The van der Waals surface area contributed by atoms with E-state index in [4.69, 9.17) is 14.2 Å². The number of morpholine rings is 1. The molecule has 2 aromatic rings. The fraction of sp³-hybridized carbons (Fsp3) is 0.400. The van der Waals surface area contributed by atoms with Crippen LogP contribution in [0.25, 0.3) is 0 Å². The smallest absolute Gasteiger partial charge is 0.124 e.